The molecule has 0 saturated carbocycles. The van der Waals surface area contributed by atoms with E-state index in [1.807, 2.05) is 0 Å². The zero-order valence-corrected chi connectivity index (χ0v) is 18.0. The lowest BCUT2D eigenvalue weighted by molar-refractivity contribution is -0.351. The molecule has 0 spiro atoms. The Morgan fingerprint density at radius 2 is 1.87 bits per heavy atom. The number of hydrogen-bond donors (Lipinski definition) is 1. The first-order valence-electron chi connectivity index (χ1n) is 9.33. The molecule has 12 heteroatoms. The Balaban J connectivity index is 1.56. The van der Waals surface area contributed by atoms with Gasteiger partial charge in [-0.2, -0.15) is 13.2 Å². The Morgan fingerprint density at radius 1 is 1.23 bits per heavy atom. The van der Waals surface area contributed by atoms with Crippen LogP contribution in [0.1, 0.15) is 11.1 Å². The van der Waals surface area contributed by atoms with E-state index in [9.17, 15) is 23.2 Å². The van der Waals surface area contributed by atoms with Crippen LogP contribution < -0.4 is 4.74 Å². The van der Waals surface area contributed by atoms with E-state index < -0.39 is 48.2 Å². The number of aryl methyl sites for hydroxylation is 1. The quantitative estimate of drug-likeness (QED) is 0.489. The van der Waals surface area contributed by atoms with Gasteiger partial charge >= 0.3 is 12.1 Å². The molecule has 170 valence electrons. The highest BCUT2D eigenvalue weighted by atomic mass is 79.9. The molecule has 0 bridgehead atoms. The molecule has 1 aromatic rings. The lowest BCUT2D eigenvalue weighted by Crippen LogP contribution is -2.43. The van der Waals surface area contributed by atoms with E-state index in [0.29, 0.717) is 20.8 Å². The van der Waals surface area contributed by atoms with E-state index >= 15 is 0 Å². The smallest absolute Gasteiger partial charge is 0.430 e. The van der Waals surface area contributed by atoms with Gasteiger partial charge in [0.15, 0.2) is 6.10 Å². The number of rotatable bonds is 4. The summed E-state index contributed by atoms with van der Waals surface area (Å²) in [7, 11) is 1.27. The van der Waals surface area contributed by atoms with Crippen molar-refractivity contribution < 1.29 is 47.0 Å². The second-order valence-electron chi connectivity index (χ2n) is 7.43. The van der Waals surface area contributed by atoms with E-state index in [1.165, 1.54) is 7.05 Å². The average molecular weight is 510 g/mol. The SMILES string of the molecule is Cc1cc(Br)cc2c1O[C@H](C(F)(F)F)C(C(=O)O[C@H]1CO[C@H]3[C@@H]1OC[C@H]3ON(C)O)=C2. The van der Waals surface area contributed by atoms with Gasteiger partial charge < -0.3 is 18.9 Å². The van der Waals surface area contributed by atoms with Gasteiger partial charge in [-0.3, -0.25) is 10.0 Å². The summed E-state index contributed by atoms with van der Waals surface area (Å²) in [6.07, 6.45) is -9.10. The van der Waals surface area contributed by atoms with Crippen molar-refractivity contribution in [1.82, 2.24) is 5.23 Å². The van der Waals surface area contributed by atoms with Gasteiger partial charge in [-0.1, -0.05) is 21.2 Å². The topological polar surface area (TPSA) is 86.7 Å². The molecule has 3 aliphatic heterocycles. The normalized spacial score (nSPS) is 29.9. The number of fused-ring (bicyclic) bond motifs is 2. The molecule has 0 radical (unpaired) electrons. The number of esters is 1. The third-order valence-electron chi connectivity index (χ3n) is 5.14. The zero-order valence-electron chi connectivity index (χ0n) is 16.4. The predicted octanol–water partition coefficient (Wildman–Crippen LogP) is 2.79. The van der Waals surface area contributed by atoms with Crippen LogP contribution in [-0.4, -0.2) is 73.4 Å². The highest BCUT2D eigenvalue weighted by molar-refractivity contribution is 9.10. The highest BCUT2D eigenvalue weighted by Crippen LogP contribution is 2.41. The summed E-state index contributed by atoms with van der Waals surface area (Å²) in [4.78, 5) is 17.9. The summed E-state index contributed by atoms with van der Waals surface area (Å²) in [5, 5.41) is 9.73. The van der Waals surface area contributed by atoms with Gasteiger partial charge in [0.05, 0.1) is 18.8 Å². The van der Waals surface area contributed by atoms with Crippen LogP contribution in [0.15, 0.2) is 22.2 Å². The maximum atomic E-state index is 13.7. The van der Waals surface area contributed by atoms with Crippen molar-refractivity contribution in [2.45, 2.75) is 43.6 Å². The van der Waals surface area contributed by atoms with Crippen molar-refractivity contribution in [3.8, 4) is 5.75 Å². The molecule has 2 fully saturated rings. The lowest BCUT2D eigenvalue weighted by atomic mass is 9.99. The maximum absolute atomic E-state index is 13.7. The number of carbonyl (C=O) groups is 1. The van der Waals surface area contributed by atoms with E-state index in [1.54, 1.807) is 19.1 Å². The Morgan fingerprint density at radius 3 is 2.52 bits per heavy atom. The molecule has 0 amide bonds. The molecule has 0 unspecified atom stereocenters. The molecule has 1 aromatic carbocycles. The summed E-state index contributed by atoms with van der Waals surface area (Å²) in [5.41, 5.74) is 0.159. The van der Waals surface area contributed by atoms with E-state index in [-0.39, 0.29) is 19.0 Å². The van der Waals surface area contributed by atoms with Crippen LogP contribution in [0.2, 0.25) is 0 Å². The number of alkyl halides is 3. The van der Waals surface area contributed by atoms with Gasteiger partial charge in [0.1, 0.15) is 24.1 Å². The summed E-state index contributed by atoms with van der Waals surface area (Å²) in [6.45, 7) is 1.60. The maximum Gasteiger partial charge on any atom is 0.430 e. The predicted molar refractivity (Wildman–Crippen MR) is 101 cm³/mol. The van der Waals surface area contributed by atoms with E-state index in [2.05, 4.69) is 15.9 Å². The monoisotopic (exact) mass is 509 g/mol. The summed E-state index contributed by atoms with van der Waals surface area (Å²) in [5.74, 6) is -1.12. The minimum Gasteiger partial charge on any atom is -0.475 e. The third kappa shape index (κ3) is 4.45. The van der Waals surface area contributed by atoms with Crippen LogP contribution in [0, 0.1) is 6.92 Å². The second kappa shape index (κ2) is 8.34. The van der Waals surface area contributed by atoms with Crippen LogP contribution >= 0.6 is 15.9 Å². The second-order valence-corrected chi connectivity index (χ2v) is 8.34. The summed E-state index contributed by atoms with van der Waals surface area (Å²) >= 11 is 3.29. The van der Waals surface area contributed by atoms with Crippen LogP contribution in [0.3, 0.4) is 0 Å². The average Bonchev–Trinajstić information content (AvgIpc) is 3.23. The lowest BCUT2D eigenvalue weighted by Gasteiger charge is -2.29. The van der Waals surface area contributed by atoms with Crippen LogP contribution in [0.4, 0.5) is 13.2 Å². The third-order valence-corrected chi connectivity index (χ3v) is 5.60. The first-order chi connectivity index (χ1) is 14.5. The Kier molecular flexibility index (Phi) is 6.05. The Labute approximate surface area is 183 Å². The largest absolute Gasteiger partial charge is 0.475 e. The molecular weight excluding hydrogens is 491 g/mol. The van der Waals surface area contributed by atoms with Crippen molar-refractivity contribution in [3.63, 3.8) is 0 Å². The molecule has 3 aliphatic rings. The van der Waals surface area contributed by atoms with Crippen molar-refractivity contribution in [2.24, 2.45) is 0 Å². The molecule has 31 heavy (non-hydrogen) atoms. The van der Waals surface area contributed by atoms with Crippen LogP contribution in [0.5, 0.6) is 5.75 Å². The van der Waals surface area contributed by atoms with Gasteiger partial charge in [-0.15, -0.1) is 0 Å². The summed E-state index contributed by atoms with van der Waals surface area (Å²) < 4.78 is 63.3. The van der Waals surface area contributed by atoms with Crippen molar-refractivity contribution in [1.29, 1.82) is 0 Å². The minimum atomic E-state index is -4.83. The Hall–Kier alpha value is -1.70. The number of hydroxylamine groups is 2. The first-order valence-corrected chi connectivity index (χ1v) is 10.1. The number of benzene rings is 1. The highest BCUT2D eigenvalue weighted by Gasteiger charge is 2.53. The molecule has 0 aromatic heterocycles. The van der Waals surface area contributed by atoms with E-state index in [0.717, 1.165) is 6.08 Å². The first kappa shape index (κ1) is 22.5. The Bertz CT molecular complexity index is 907. The van der Waals surface area contributed by atoms with Gasteiger partial charge in [0.25, 0.3) is 0 Å². The van der Waals surface area contributed by atoms with E-state index in [4.69, 9.17) is 23.8 Å². The standard InChI is InChI=1S/C19H19BrF3NO7/c1-8-3-10(20)4-9-5-11(17(19(21,22)23)30-14(8)9)18(25)29-12-6-27-16-13(31-24(2)26)7-28-15(12)16/h3-5,12-13,15-17,26H,6-7H2,1-2H3/t12-,13+,15+,16+,17-/m0/s1. The number of halogens is 4. The van der Waals surface area contributed by atoms with Crippen molar-refractivity contribution in [3.05, 3.63) is 33.3 Å². The molecule has 8 nitrogen and oxygen atoms in total. The minimum absolute atomic E-state index is 0.0542. The van der Waals surface area contributed by atoms with Gasteiger partial charge in [0.2, 0.25) is 6.10 Å². The van der Waals surface area contributed by atoms with Gasteiger partial charge in [-0.25, -0.2) is 4.79 Å². The van der Waals surface area contributed by atoms with Crippen LogP contribution in [0.25, 0.3) is 6.08 Å². The van der Waals surface area contributed by atoms with Gasteiger partial charge in [0, 0.05) is 17.1 Å². The molecule has 4 rings (SSSR count). The number of nitrogens with zero attached hydrogens (tertiary/aromatic N) is 1. The summed E-state index contributed by atoms with van der Waals surface area (Å²) in [6, 6.07) is 3.18. The van der Waals surface area contributed by atoms with Crippen molar-refractivity contribution in [2.75, 3.05) is 20.3 Å². The fraction of sp³-hybridized carbons (Fsp3) is 0.526. The fourth-order valence-electron chi connectivity index (χ4n) is 3.88. The molecule has 0 aliphatic carbocycles. The zero-order chi connectivity index (χ0) is 22.5. The molecule has 3 heterocycles. The number of hydrogen-bond acceptors (Lipinski definition) is 8. The molecule has 1 N–H and O–H groups in total. The fourth-order valence-corrected chi connectivity index (χ4v) is 4.47. The number of ether oxygens (including phenoxy) is 4. The van der Waals surface area contributed by atoms with Crippen LogP contribution in [-0.2, 0) is 23.8 Å². The van der Waals surface area contributed by atoms with Crippen molar-refractivity contribution >= 4 is 28.0 Å². The molecular formula is C19H19BrF3NO7. The van der Waals surface area contributed by atoms with Gasteiger partial charge in [-0.05, 0) is 30.7 Å². The molecule has 2 saturated heterocycles. The number of carbonyl (C=O) groups excluding carboxylic acids is 1. The molecule has 5 atom stereocenters.